The Morgan fingerprint density at radius 1 is 1.11 bits per heavy atom. The van der Waals surface area contributed by atoms with Gasteiger partial charge in [-0.15, -0.1) is 0 Å². The second-order valence-corrected chi connectivity index (χ2v) is 10.9. The average Bonchev–Trinajstić information content (AvgIpc) is 3.48. The number of nitrogens with two attached hydrogens (primary N) is 2. The van der Waals surface area contributed by atoms with Gasteiger partial charge in [0.05, 0.1) is 10.7 Å². The number of aromatic nitrogens is 5. The minimum Gasteiger partial charge on any atom is -0.382 e. The summed E-state index contributed by atoms with van der Waals surface area (Å²) >= 11 is 6.50. The van der Waals surface area contributed by atoms with Crippen molar-refractivity contribution < 1.29 is 0 Å². The van der Waals surface area contributed by atoms with Crippen molar-refractivity contribution in [1.82, 2.24) is 25.1 Å². The van der Waals surface area contributed by atoms with Gasteiger partial charge in [-0.1, -0.05) is 35.9 Å². The summed E-state index contributed by atoms with van der Waals surface area (Å²) < 4.78 is 0. The first-order valence-electron chi connectivity index (χ1n) is 12.4. The minimum atomic E-state index is -0.451. The Hall–Kier alpha value is -3.43. The summed E-state index contributed by atoms with van der Waals surface area (Å²) in [4.78, 5) is 27.4. The van der Waals surface area contributed by atoms with E-state index >= 15 is 0 Å². The van der Waals surface area contributed by atoms with Crippen molar-refractivity contribution in [3.63, 3.8) is 0 Å². The maximum atomic E-state index is 13.4. The Balaban J connectivity index is 1.18. The average molecular weight is 503 g/mol. The third-order valence-corrected chi connectivity index (χ3v) is 9.10. The standard InChI is InChI=1S/C26H27ClN8O/c27-18-16(5-10-30-21(18)29)26(6-7-26)20-17-22(34-33-20)31-24(32-23(17)36)35-11-8-25(9-12-35)13-14-3-1-2-4-15(14)19(25)28/h1-5,10,19H,6-9,11-13,28H2,(H2,29,30)(H2,31,32,33,34,36)/t19-/m1/s1. The van der Waals surface area contributed by atoms with Crippen LogP contribution in [-0.4, -0.2) is 38.2 Å². The second kappa shape index (κ2) is 7.54. The number of nitrogens with zero attached hydrogens (tertiary/aromatic N) is 4. The number of halogens is 1. The quantitative estimate of drug-likeness (QED) is 0.337. The van der Waals surface area contributed by atoms with Gasteiger partial charge in [-0.3, -0.25) is 14.9 Å². The number of hydrogen-bond donors (Lipinski definition) is 4. The molecule has 1 atom stereocenters. The largest absolute Gasteiger partial charge is 0.382 e. The second-order valence-electron chi connectivity index (χ2n) is 10.5. The molecule has 9 nitrogen and oxygen atoms in total. The molecular weight excluding hydrogens is 476 g/mol. The van der Waals surface area contributed by atoms with Gasteiger partial charge in [-0.2, -0.15) is 10.1 Å². The highest BCUT2D eigenvalue weighted by Crippen LogP contribution is 2.56. The fourth-order valence-electron chi connectivity index (χ4n) is 6.48. The molecule has 7 rings (SSSR count). The van der Waals surface area contributed by atoms with Crippen LogP contribution >= 0.6 is 11.6 Å². The molecule has 1 saturated heterocycles. The number of hydrogen-bond acceptors (Lipinski definition) is 7. The molecule has 0 bridgehead atoms. The van der Waals surface area contributed by atoms with Gasteiger partial charge in [0, 0.05) is 30.7 Å². The van der Waals surface area contributed by atoms with Crippen LogP contribution in [0.3, 0.4) is 0 Å². The molecule has 0 amide bonds. The van der Waals surface area contributed by atoms with E-state index in [4.69, 9.17) is 28.1 Å². The van der Waals surface area contributed by atoms with Crippen LogP contribution in [-0.2, 0) is 11.8 Å². The third kappa shape index (κ3) is 2.99. The number of pyridine rings is 1. The first kappa shape index (κ1) is 21.8. The Morgan fingerprint density at radius 2 is 1.89 bits per heavy atom. The maximum Gasteiger partial charge on any atom is 0.263 e. The van der Waals surface area contributed by atoms with Gasteiger partial charge in [-0.05, 0) is 60.3 Å². The lowest BCUT2D eigenvalue weighted by Gasteiger charge is -2.42. The van der Waals surface area contributed by atoms with E-state index in [-0.39, 0.29) is 22.8 Å². The summed E-state index contributed by atoms with van der Waals surface area (Å²) in [5.74, 6) is 0.847. The molecule has 4 aromatic rings. The van der Waals surface area contributed by atoms with Gasteiger partial charge in [0.1, 0.15) is 11.2 Å². The monoisotopic (exact) mass is 502 g/mol. The normalized spacial score (nSPS) is 21.7. The Kier molecular flexibility index (Phi) is 4.57. The molecule has 4 heterocycles. The molecule has 2 fully saturated rings. The molecule has 10 heteroatoms. The number of H-pyrrole nitrogens is 2. The molecule has 1 saturated carbocycles. The van der Waals surface area contributed by atoms with Crippen molar-refractivity contribution in [2.75, 3.05) is 23.7 Å². The first-order chi connectivity index (χ1) is 17.4. The zero-order chi connectivity index (χ0) is 24.7. The Bertz CT molecular complexity index is 1560. The van der Waals surface area contributed by atoms with E-state index in [1.807, 2.05) is 6.07 Å². The first-order valence-corrected chi connectivity index (χ1v) is 12.8. The molecule has 0 unspecified atom stereocenters. The van der Waals surface area contributed by atoms with Crippen LogP contribution in [0.1, 0.15) is 54.1 Å². The van der Waals surface area contributed by atoms with E-state index in [1.165, 1.54) is 11.1 Å². The maximum absolute atomic E-state index is 13.4. The van der Waals surface area contributed by atoms with Gasteiger partial charge in [0.2, 0.25) is 5.95 Å². The van der Waals surface area contributed by atoms with Gasteiger partial charge in [-0.25, -0.2) is 4.98 Å². The highest BCUT2D eigenvalue weighted by molar-refractivity contribution is 6.33. The number of nitrogens with one attached hydrogen (secondary N) is 2. The Morgan fingerprint density at radius 3 is 2.64 bits per heavy atom. The smallest absolute Gasteiger partial charge is 0.263 e. The Labute approximate surface area is 212 Å². The predicted octanol–water partition coefficient (Wildman–Crippen LogP) is 3.20. The van der Waals surface area contributed by atoms with Crippen LogP contribution in [0.4, 0.5) is 11.8 Å². The number of fused-ring (bicyclic) bond motifs is 2. The summed E-state index contributed by atoms with van der Waals surface area (Å²) in [7, 11) is 0. The molecule has 6 N–H and O–H groups in total. The number of nitrogen functional groups attached to an aromatic ring is 1. The molecule has 2 aliphatic carbocycles. The summed E-state index contributed by atoms with van der Waals surface area (Å²) in [6.07, 6.45) is 6.20. The lowest BCUT2D eigenvalue weighted by Crippen LogP contribution is -2.45. The molecule has 184 valence electrons. The third-order valence-electron chi connectivity index (χ3n) is 8.70. The number of rotatable bonds is 3. The summed E-state index contributed by atoms with van der Waals surface area (Å²) in [6, 6.07) is 10.4. The molecular formula is C26H27ClN8O. The lowest BCUT2D eigenvalue weighted by atomic mass is 9.73. The number of benzene rings is 1. The highest BCUT2D eigenvalue weighted by atomic mass is 35.5. The topological polar surface area (TPSA) is 143 Å². The van der Waals surface area contributed by atoms with Crippen LogP contribution in [0.15, 0.2) is 41.3 Å². The van der Waals surface area contributed by atoms with Crippen LogP contribution in [0.2, 0.25) is 5.02 Å². The van der Waals surface area contributed by atoms with Crippen LogP contribution in [0.25, 0.3) is 11.0 Å². The van der Waals surface area contributed by atoms with Crippen molar-refractivity contribution >= 4 is 34.4 Å². The molecule has 1 spiro atoms. The van der Waals surface area contributed by atoms with Gasteiger partial charge < -0.3 is 16.4 Å². The zero-order valence-electron chi connectivity index (χ0n) is 19.7. The van der Waals surface area contributed by atoms with E-state index in [1.54, 1.807) is 6.20 Å². The summed E-state index contributed by atoms with van der Waals surface area (Å²) in [6.45, 7) is 1.57. The van der Waals surface area contributed by atoms with E-state index in [2.05, 4.69) is 49.3 Å². The molecule has 1 aliphatic heterocycles. The molecule has 1 aromatic carbocycles. The van der Waals surface area contributed by atoms with Crippen molar-refractivity contribution in [2.45, 2.75) is 43.6 Å². The summed E-state index contributed by atoms with van der Waals surface area (Å²) in [5, 5.41) is 8.45. The van der Waals surface area contributed by atoms with Crippen LogP contribution in [0.5, 0.6) is 0 Å². The highest BCUT2D eigenvalue weighted by Gasteiger charge is 2.51. The van der Waals surface area contributed by atoms with Crippen molar-refractivity contribution in [2.24, 2.45) is 11.1 Å². The zero-order valence-corrected chi connectivity index (χ0v) is 20.5. The molecule has 3 aromatic heterocycles. The van der Waals surface area contributed by atoms with Gasteiger partial charge >= 0.3 is 0 Å². The van der Waals surface area contributed by atoms with Crippen molar-refractivity contribution in [3.05, 3.63) is 74.3 Å². The van der Waals surface area contributed by atoms with Crippen molar-refractivity contribution in [3.8, 4) is 0 Å². The van der Waals surface area contributed by atoms with Crippen LogP contribution in [0, 0.1) is 5.41 Å². The van der Waals surface area contributed by atoms with Gasteiger partial charge in [0.15, 0.2) is 5.65 Å². The number of anilines is 2. The number of aromatic amines is 2. The fraction of sp³-hybridized carbons (Fsp3) is 0.385. The molecule has 0 radical (unpaired) electrons. The lowest BCUT2D eigenvalue weighted by molar-refractivity contribution is 0.187. The van der Waals surface area contributed by atoms with Gasteiger partial charge in [0.25, 0.3) is 5.56 Å². The van der Waals surface area contributed by atoms with E-state index in [0.29, 0.717) is 27.7 Å². The molecule has 36 heavy (non-hydrogen) atoms. The van der Waals surface area contributed by atoms with E-state index in [9.17, 15) is 4.79 Å². The number of piperidine rings is 1. The SMILES string of the molecule is Nc1nccc(C2(c3n[nH]c4nc(N5CCC6(CC5)Cc5ccccc5[C@H]6N)[nH]c(=O)c34)CC2)c1Cl. The minimum absolute atomic E-state index is 0.0456. The summed E-state index contributed by atoms with van der Waals surface area (Å²) in [5.41, 5.74) is 16.7. The predicted molar refractivity (Wildman–Crippen MR) is 139 cm³/mol. The van der Waals surface area contributed by atoms with Crippen LogP contribution < -0.4 is 21.9 Å². The fourth-order valence-corrected chi connectivity index (χ4v) is 6.77. The van der Waals surface area contributed by atoms with E-state index in [0.717, 1.165) is 50.8 Å². The van der Waals surface area contributed by atoms with Crippen molar-refractivity contribution in [1.29, 1.82) is 0 Å². The molecule has 3 aliphatic rings. The van der Waals surface area contributed by atoms with E-state index < -0.39 is 5.41 Å².